The van der Waals surface area contributed by atoms with Gasteiger partial charge in [-0.05, 0) is 43.5 Å². The number of nitrogens with one attached hydrogen (secondary N) is 1. The predicted molar refractivity (Wildman–Crippen MR) is 118 cm³/mol. The first-order valence-corrected chi connectivity index (χ1v) is 10.5. The van der Waals surface area contributed by atoms with Crippen LogP contribution in [0.4, 0.5) is 10.1 Å². The van der Waals surface area contributed by atoms with E-state index in [0.717, 1.165) is 0 Å². The molecule has 0 aromatic heterocycles. The topological polar surface area (TPSA) is 52.7 Å². The molecule has 1 heterocycles. The van der Waals surface area contributed by atoms with E-state index in [1.165, 1.54) is 18.6 Å². The highest BCUT2D eigenvalue weighted by Gasteiger charge is 2.27. The minimum atomic E-state index is -0.378. The van der Waals surface area contributed by atoms with Crippen molar-refractivity contribution in [2.75, 3.05) is 37.6 Å². The Morgan fingerprint density at radius 1 is 1.03 bits per heavy atom. The highest BCUT2D eigenvalue weighted by molar-refractivity contribution is 5.94. The molecule has 0 bridgehead atoms. The minimum Gasteiger partial charge on any atom is -0.367 e. The van der Waals surface area contributed by atoms with Crippen molar-refractivity contribution in [1.29, 1.82) is 0 Å². The van der Waals surface area contributed by atoms with Crippen molar-refractivity contribution >= 4 is 17.4 Å². The summed E-state index contributed by atoms with van der Waals surface area (Å²) in [7, 11) is 0. The molecule has 0 aliphatic carbocycles. The number of Topliss-reactive ketones (excluding diaryl/α,β-unsaturated/α-hetero) is 1. The highest BCUT2D eigenvalue weighted by atomic mass is 19.1. The fraction of sp³-hybridized carbons (Fsp3) is 0.417. The number of nitrogens with zero attached hydrogens (tertiary/aromatic N) is 2. The van der Waals surface area contributed by atoms with Crippen molar-refractivity contribution in [1.82, 2.24) is 10.2 Å². The zero-order chi connectivity index (χ0) is 21.7. The van der Waals surface area contributed by atoms with Crippen molar-refractivity contribution < 1.29 is 14.0 Å². The number of halogens is 1. The monoisotopic (exact) mass is 411 g/mol. The predicted octanol–water partition coefficient (Wildman–Crippen LogP) is 3.46. The van der Waals surface area contributed by atoms with Crippen LogP contribution in [0.2, 0.25) is 0 Å². The second-order valence-corrected chi connectivity index (χ2v) is 7.98. The van der Waals surface area contributed by atoms with E-state index >= 15 is 0 Å². The molecular formula is C24H30FN3O2. The van der Waals surface area contributed by atoms with Gasteiger partial charge in [0.2, 0.25) is 5.91 Å². The van der Waals surface area contributed by atoms with Crippen molar-refractivity contribution in [3.63, 3.8) is 0 Å². The molecule has 2 aromatic rings. The Kier molecular flexibility index (Phi) is 7.21. The lowest BCUT2D eigenvalue weighted by Gasteiger charge is -2.38. The third-order valence-corrected chi connectivity index (χ3v) is 5.89. The molecule has 2 unspecified atom stereocenters. The minimum absolute atomic E-state index is 0.0169. The van der Waals surface area contributed by atoms with Gasteiger partial charge in [0.05, 0.1) is 11.7 Å². The summed E-state index contributed by atoms with van der Waals surface area (Å²) in [6.45, 7) is 8.67. The van der Waals surface area contributed by atoms with Gasteiger partial charge in [-0.3, -0.25) is 14.5 Å². The maximum atomic E-state index is 14.4. The summed E-state index contributed by atoms with van der Waals surface area (Å²) < 4.78 is 14.4. The van der Waals surface area contributed by atoms with Crippen LogP contribution < -0.4 is 10.2 Å². The zero-order valence-corrected chi connectivity index (χ0v) is 17.9. The van der Waals surface area contributed by atoms with E-state index in [4.69, 9.17) is 0 Å². The van der Waals surface area contributed by atoms with Crippen molar-refractivity contribution in [3.8, 4) is 0 Å². The maximum absolute atomic E-state index is 14.4. The van der Waals surface area contributed by atoms with Crippen LogP contribution in [0, 0.1) is 5.82 Å². The molecule has 1 saturated heterocycles. The highest BCUT2D eigenvalue weighted by Crippen LogP contribution is 2.23. The van der Waals surface area contributed by atoms with Gasteiger partial charge in [-0.2, -0.15) is 0 Å². The molecule has 1 N–H and O–H groups in total. The van der Waals surface area contributed by atoms with Crippen LogP contribution in [-0.4, -0.2) is 55.4 Å². The van der Waals surface area contributed by atoms with Gasteiger partial charge in [0.15, 0.2) is 5.78 Å². The number of piperazine rings is 1. The van der Waals surface area contributed by atoms with Crippen LogP contribution in [0.25, 0.3) is 0 Å². The first-order chi connectivity index (χ1) is 14.4. The normalized spacial score (nSPS) is 16.7. The number of carbonyl (C=O) groups is 2. The summed E-state index contributed by atoms with van der Waals surface area (Å²) in [4.78, 5) is 28.1. The van der Waals surface area contributed by atoms with Gasteiger partial charge >= 0.3 is 0 Å². The molecule has 5 nitrogen and oxygen atoms in total. The molecule has 160 valence electrons. The zero-order valence-electron chi connectivity index (χ0n) is 17.9. The van der Waals surface area contributed by atoms with Gasteiger partial charge in [0.25, 0.3) is 0 Å². The van der Waals surface area contributed by atoms with E-state index < -0.39 is 0 Å². The third kappa shape index (κ3) is 5.25. The molecule has 30 heavy (non-hydrogen) atoms. The number of anilines is 1. The van der Waals surface area contributed by atoms with E-state index in [1.54, 1.807) is 12.1 Å². The van der Waals surface area contributed by atoms with Gasteiger partial charge < -0.3 is 10.2 Å². The Balaban J connectivity index is 1.50. The maximum Gasteiger partial charge on any atom is 0.237 e. The SMILES string of the molecule is CC(=O)c1ccc(N2CCN(C(C)C(=O)NCC(C)c3ccccc3)CC2)c(F)c1. The summed E-state index contributed by atoms with van der Waals surface area (Å²) in [6.07, 6.45) is 0. The summed E-state index contributed by atoms with van der Waals surface area (Å²) in [5, 5.41) is 3.06. The number of benzene rings is 2. The standard InChI is InChI=1S/C24H30FN3O2/c1-17(20-7-5-4-6-8-20)16-26-24(30)18(2)27-11-13-28(14-12-27)23-10-9-21(19(3)29)15-22(23)25/h4-10,15,17-18H,11-14,16H2,1-3H3,(H,26,30). The Morgan fingerprint density at radius 2 is 1.70 bits per heavy atom. The van der Waals surface area contributed by atoms with Crippen LogP contribution in [-0.2, 0) is 4.79 Å². The van der Waals surface area contributed by atoms with Crippen LogP contribution in [0.5, 0.6) is 0 Å². The van der Waals surface area contributed by atoms with E-state index in [9.17, 15) is 14.0 Å². The molecule has 0 saturated carbocycles. The second-order valence-electron chi connectivity index (χ2n) is 7.98. The lowest BCUT2D eigenvalue weighted by atomic mass is 10.0. The average Bonchev–Trinajstić information content (AvgIpc) is 2.77. The first-order valence-electron chi connectivity index (χ1n) is 10.5. The molecule has 3 rings (SSSR count). The van der Waals surface area contributed by atoms with Crippen molar-refractivity contribution in [2.24, 2.45) is 0 Å². The summed E-state index contributed by atoms with van der Waals surface area (Å²) in [5.41, 5.74) is 2.09. The number of hydrogen-bond donors (Lipinski definition) is 1. The Hall–Kier alpha value is -2.73. The second kappa shape index (κ2) is 9.85. The van der Waals surface area contributed by atoms with Gasteiger partial charge in [-0.1, -0.05) is 37.3 Å². The van der Waals surface area contributed by atoms with Crippen molar-refractivity contribution in [2.45, 2.75) is 32.7 Å². The van der Waals surface area contributed by atoms with Gasteiger partial charge in [-0.25, -0.2) is 4.39 Å². The quantitative estimate of drug-likeness (QED) is 0.709. The Labute approximate surface area is 177 Å². The summed E-state index contributed by atoms with van der Waals surface area (Å²) >= 11 is 0. The molecule has 1 fully saturated rings. The van der Waals surface area contributed by atoms with Crippen molar-refractivity contribution in [3.05, 3.63) is 65.5 Å². The summed E-state index contributed by atoms with van der Waals surface area (Å²) in [5.74, 6) is -0.258. The molecule has 1 aliphatic rings. The molecule has 0 spiro atoms. The molecule has 2 atom stereocenters. The van der Waals surface area contributed by atoms with Crippen LogP contribution in [0.15, 0.2) is 48.5 Å². The Bertz CT molecular complexity index is 879. The van der Waals surface area contributed by atoms with E-state index in [2.05, 4.69) is 29.3 Å². The van der Waals surface area contributed by atoms with Crippen LogP contribution in [0.3, 0.4) is 0 Å². The Morgan fingerprint density at radius 3 is 2.30 bits per heavy atom. The van der Waals surface area contributed by atoms with Gasteiger partial charge in [0.1, 0.15) is 5.82 Å². The van der Waals surface area contributed by atoms with Crippen LogP contribution in [0.1, 0.15) is 42.6 Å². The number of ketones is 1. The summed E-state index contributed by atoms with van der Waals surface area (Å²) in [6, 6.07) is 14.5. The largest absolute Gasteiger partial charge is 0.367 e. The lowest BCUT2D eigenvalue weighted by Crippen LogP contribution is -2.54. The fourth-order valence-electron chi connectivity index (χ4n) is 3.80. The average molecular weight is 412 g/mol. The molecule has 2 aromatic carbocycles. The molecule has 1 amide bonds. The number of carbonyl (C=O) groups excluding carboxylic acids is 2. The smallest absolute Gasteiger partial charge is 0.237 e. The molecule has 1 aliphatic heterocycles. The number of hydrogen-bond acceptors (Lipinski definition) is 4. The third-order valence-electron chi connectivity index (χ3n) is 5.89. The first kappa shape index (κ1) is 22.0. The lowest BCUT2D eigenvalue weighted by molar-refractivity contribution is -0.126. The molecular weight excluding hydrogens is 381 g/mol. The number of amides is 1. The number of rotatable bonds is 7. The fourth-order valence-corrected chi connectivity index (χ4v) is 3.80. The van der Waals surface area contributed by atoms with E-state index in [1.807, 2.05) is 30.0 Å². The molecule has 6 heteroatoms. The van der Waals surface area contributed by atoms with E-state index in [-0.39, 0.29) is 29.5 Å². The van der Waals surface area contributed by atoms with Gasteiger partial charge in [-0.15, -0.1) is 0 Å². The van der Waals surface area contributed by atoms with E-state index in [0.29, 0.717) is 44.0 Å². The van der Waals surface area contributed by atoms with Crippen LogP contribution >= 0.6 is 0 Å². The molecule has 0 radical (unpaired) electrons. The van der Waals surface area contributed by atoms with Gasteiger partial charge in [0, 0.05) is 38.3 Å².